The summed E-state index contributed by atoms with van der Waals surface area (Å²) in [7, 11) is 1.51. The molecule has 1 atom stereocenters. The number of hydrogen-bond acceptors (Lipinski definition) is 2. The van der Waals surface area contributed by atoms with E-state index in [-0.39, 0.29) is 18.0 Å². The number of ether oxygens (including phenoxy) is 1. The first-order chi connectivity index (χ1) is 5.78. The van der Waals surface area contributed by atoms with Gasteiger partial charge in [0.15, 0.2) is 0 Å². The monoisotopic (exact) mass is 182 g/mol. The predicted molar refractivity (Wildman–Crippen MR) is 47.8 cm³/mol. The standard InChI is InChI=1S/C10H16O2.N/c1-12-9(11)8-4-2-3-5-10(8)6-7-10;/h8H,2-7H2,1H3;. The normalized spacial score (nSPS) is 29.2. The van der Waals surface area contributed by atoms with Gasteiger partial charge in [-0.05, 0) is 31.1 Å². The summed E-state index contributed by atoms with van der Waals surface area (Å²) < 4.78 is 4.83. The highest BCUT2D eigenvalue weighted by Gasteiger charge is 2.53. The largest absolute Gasteiger partial charge is 0.469 e. The Labute approximate surface area is 79.4 Å². The molecule has 0 saturated heterocycles. The Morgan fingerprint density at radius 1 is 1.31 bits per heavy atom. The van der Waals surface area contributed by atoms with Crippen molar-refractivity contribution in [2.75, 3.05) is 7.11 Å². The van der Waals surface area contributed by atoms with Gasteiger partial charge in [-0.2, -0.15) is 0 Å². The van der Waals surface area contributed by atoms with Gasteiger partial charge in [-0.15, -0.1) is 0 Å². The molecule has 0 N–H and O–H groups in total. The van der Waals surface area contributed by atoms with E-state index in [1.165, 1.54) is 39.2 Å². The van der Waals surface area contributed by atoms with Crippen LogP contribution in [0.3, 0.4) is 0 Å². The fourth-order valence-electron chi connectivity index (χ4n) is 2.58. The molecule has 0 amide bonds. The smallest absolute Gasteiger partial charge is 0.309 e. The Hall–Kier alpha value is -0.570. The molecule has 3 radical (unpaired) electrons. The molecular weight excluding hydrogens is 166 g/mol. The zero-order valence-corrected chi connectivity index (χ0v) is 8.08. The molecule has 0 bridgehead atoms. The van der Waals surface area contributed by atoms with Gasteiger partial charge in [-0.1, -0.05) is 12.8 Å². The van der Waals surface area contributed by atoms with Gasteiger partial charge in [0, 0.05) is 6.15 Å². The van der Waals surface area contributed by atoms with Crippen molar-refractivity contribution in [2.45, 2.75) is 38.5 Å². The molecule has 3 heteroatoms. The Morgan fingerprint density at radius 2 is 2.00 bits per heavy atom. The molecule has 0 aromatic rings. The third kappa shape index (κ3) is 1.70. The topological polar surface area (TPSA) is 56.8 Å². The third-order valence-electron chi connectivity index (χ3n) is 3.53. The van der Waals surface area contributed by atoms with Gasteiger partial charge in [0.2, 0.25) is 0 Å². The van der Waals surface area contributed by atoms with Crippen molar-refractivity contribution in [3.8, 4) is 0 Å². The van der Waals surface area contributed by atoms with Gasteiger partial charge in [0.25, 0.3) is 0 Å². The van der Waals surface area contributed by atoms with Gasteiger partial charge in [0.1, 0.15) is 0 Å². The number of methoxy groups -OCH3 is 1. The maximum atomic E-state index is 11.4. The molecule has 0 aliphatic heterocycles. The van der Waals surface area contributed by atoms with Crippen LogP contribution in [-0.4, -0.2) is 13.1 Å². The van der Waals surface area contributed by atoms with Crippen LogP contribution < -0.4 is 6.15 Å². The summed E-state index contributed by atoms with van der Waals surface area (Å²) in [6.45, 7) is 0. The number of carbonyl (C=O) groups excluding carboxylic acids is 1. The summed E-state index contributed by atoms with van der Waals surface area (Å²) >= 11 is 0. The van der Waals surface area contributed by atoms with Crippen molar-refractivity contribution >= 4 is 5.97 Å². The summed E-state index contributed by atoms with van der Waals surface area (Å²) in [4.78, 5) is 11.4. The number of esters is 1. The van der Waals surface area contributed by atoms with Gasteiger partial charge in [-0.3, -0.25) is 4.79 Å². The molecule has 2 fully saturated rings. The van der Waals surface area contributed by atoms with Crippen molar-refractivity contribution in [2.24, 2.45) is 11.3 Å². The minimum absolute atomic E-state index is 0. The molecule has 2 saturated carbocycles. The number of nitrogens with zero attached hydrogens (tertiary/aromatic N) is 1. The molecule has 0 heterocycles. The lowest BCUT2D eigenvalue weighted by atomic mass is 9.76. The van der Waals surface area contributed by atoms with Gasteiger partial charge < -0.3 is 4.74 Å². The van der Waals surface area contributed by atoms with E-state index >= 15 is 0 Å². The molecule has 3 nitrogen and oxygen atoms in total. The number of carbonyl (C=O) groups is 1. The SMILES string of the molecule is COC(=O)C1CCCCC12CC2.[N]. The second-order valence-corrected chi connectivity index (χ2v) is 4.18. The van der Waals surface area contributed by atoms with Gasteiger partial charge in [0.05, 0.1) is 13.0 Å². The number of rotatable bonds is 1. The fraction of sp³-hybridized carbons (Fsp3) is 0.900. The average molecular weight is 182 g/mol. The van der Waals surface area contributed by atoms with Crippen LogP contribution in [0.2, 0.25) is 0 Å². The molecule has 0 aromatic carbocycles. The average Bonchev–Trinajstić information content (AvgIpc) is 2.85. The Kier molecular flexibility index (Phi) is 2.96. The van der Waals surface area contributed by atoms with Crippen LogP contribution in [0.4, 0.5) is 0 Å². The molecule has 73 valence electrons. The minimum Gasteiger partial charge on any atom is -0.469 e. The summed E-state index contributed by atoms with van der Waals surface area (Å²) in [5.74, 6) is 0.267. The van der Waals surface area contributed by atoms with Crippen LogP contribution in [0.25, 0.3) is 0 Å². The zero-order valence-electron chi connectivity index (χ0n) is 8.08. The third-order valence-corrected chi connectivity index (χ3v) is 3.53. The van der Waals surface area contributed by atoms with E-state index in [4.69, 9.17) is 4.74 Å². The maximum Gasteiger partial charge on any atom is 0.309 e. The molecule has 0 aromatic heterocycles. The molecular formula is C10H16NO2. The predicted octanol–water partition coefficient (Wildman–Crippen LogP) is 1.65. The Bertz CT molecular complexity index is 199. The second kappa shape index (κ2) is 3.66. The first kappa shape index (κ1) is 10.5. The maximum absolute atomic E-state index is 11.4. The van der Waals surface area contributed by atoms with Crippen LogP contribution >= 0.6 is 0 Å². The lowest BCUT2D eigenvalue weighted by Crippen LogP contribution is -2.29. The Balaban J connectivity index is 0.000000845. The van der Waals surface area contributed by atoms with Crippen LogP contribution in [-0.2, 0) is 9.53 Å². The van der Waals surface area contributed by atoms with E-state index < -0.39 is 0 Å². The molecule has 1 unspecified atom stereocenters. The van der Waals surface area contributed by atoms with Crippen LogP contribution in [0.5, 0.6) is 0 Å². The lowest BCUT2D eigenvalue weighted by Gasteiger charge is -2.29. The van der Waals surface area contributed by atoms with Crippen molar-refractivity contribution in [3.63, 3.8) is 0 Å². The quantitative estimate of drug-likeness (QED) is 0.579. The highest BCUT2D eigenvalue weighted by atomic mass is 16.5. The van der Waals surface area contributed by atoms with Crippen molar-refractivity contribution < 1.29 is 9.53 Å². The highest BCUT2D eigenvalue weighted by molar-refractivity contribution is 5.74. The summed E-state index contributed by atoms with van der Waals surface area (Å²) in [5, 5.41) is 0. The van der Waals surface area contributed by atoms with Crippen molar-refractivity contribution in [1.29, 1.82) is 0 Å². The van der Waals surface area contributed by atoms with Crippen LogP contribution in [0, 0.1) is 11.3 Å². The highest BCUT2D eigenvalue weighted by Crippen LogP contribution is 2.59. The molecule has 2 rings (SSSR count). The van der Waals surface area contributed by atoms with E-state index in [0.29, 0.717) is 5.41 Å². The second-order valence-electron chi connectivity index (χ2n) is 4.18. The summed E-state index contributed by atoms with van der Waals surface area (Å²) in [5.41, 5.74) is 0.394. The van der Waals surface area contributed by atoms with E-state index in [1.54, 1.807) is 0 Å². The van der Waals surface area contributed by atoms with E-state index in [2.05, 4.69) is 0 Å². The lowest BCUT2D eigenvalue weighted by molar-refractivity contribution is -0.149. The Morgan fingerprint density at radius 3 is 2.54 bits per heavy atom. The minimum atomic E-state index is 0. The van der Waals surface area contributed by atoms with Crippen molar-refractivity contribution in [3.05, 3.63) is 0 Å². The molecule has 2 aliphatic carbocycles. The zero-order chi connectivity index (χ0) is 8.60. The number of hydrogen-bond donors (Lipinski definition) is 0. The van der Waals surface area contributed by atoms with Crippen LogP contribution in [0.1, 0.15) is 38.5 Å². The van der Waals surface area contributed by atoms with E-state index in [1.807, 2.05) is 0 Å². The van der Waals surface area contributed by atoms with Crippen LogP contribution in [0.15, 0.2) is 0 Å². The van der Waals surface area contributed by atoms with Crippen molar-refractivity contribution in [1.82, 2.24) is 6.15 Å². The molecule has 13 heavy (non-hydrogen) atoms. The van der Waals surface area contributed by atoms with E-state index in [0.717, 1.165) is 6.42 Å². The first-order valence-corrected chi connectivity index (χ1v) is 4.86. The summed E-state index contributed by atoms with van der Waals surface area (Å²) in [6, 6.07) is 0. The van der Waals surface area contributed by atoms with E-state index in [9.17, 15) is 4.79 Å². The molecule has 1 spiro atoms. The first-order valence-electron chi connectivity index (χ1n) is 4.86. The fourth-order valence-corrected chi connectivity index (χ4v) is 2.58. The van der Waals surface area contributed by atoms with Gasteiger partial charge >= 0.3 is 5.97 Å². The summed E-state index contributed by atoms with van der Waals surface area (Å²) in [6.07, 6.45) is 7.36. The van der Waals surface area contributed by atoms with Gasteiger partial charge in [-0.25, -0.2) is 0 Å². The molecule has 2 aliphatic rings.